The fourth-order valence-electron chi connectivity index (χ4n) is 2.51. The molecule has 3 nitrogen and oxygen atoms in total. The van der Waals surface area contributed by atoms with Crippen LogP contribution >= 0.6 is 0 Å². The summed E-state index contributed by atoms with van der Waals surface area (Å²) in [6, 6.07) is 0. The van der Waals surface area contributed by atoms with Gasteiger partial charge in [0, 0.05) is 5.92 Å². The van der Waals surface area contributed by atoms with Gasteiger partial charge in [-0.1, -0.05) is 0 Å². The van der Waals surface area contributed by atoms with E-state index in [1.807, 2.05) is 0 Å². The topological polar surface area (TPSA) is 43.4 Å². The van der Waals surface area contributed by atoms with Crippen LogP contribution in [0.3, 0.4) is 0 Å². The number of fused-ring (bicyclic) bond motifs is 2. The molecule has 0 spiro atoms. The van der Waals surface area contributed by atoms with Crippen molar-refractivity contribution in [3.05, 3.63) is 0 Å². The maximum atomic E-state index is 11.6. The molecule has 2 rings (SSSR count). The van der Waals surface area contributed by atoms with Gasteiger partial charge in [-0.15, -0.1) is 0 Å². The van der Waals surface area contributed by atoms with E-state index >= 15 is 0 Å². The highest BCUT2D eigenvalue weighted by atomic mass is 16.5. The molecule has 0 amide bonds. The fourth-order valence-corrected chi connectivity index (χ4v) is 2.51. The number of Topliss-reactive ketones (excluding diaryl/α,β-unsaturated/α-hetero) is 1. The molecule has 0 atom stereocenters. The van der Waals surface area contributed by atoms with Gasteiger partial charge in [-0.2, -0.15) is 0 Å². The lowest BCUT2D eigenvalue weighted by atomic mass is 9.84. The van der Waals surface area contributed by atoms with Crippen molar-refractivity contribution in [2.24, 2.45) is 11.3 Å². The van der Waals surface area contributed by atoms with Gasteiger partial charge >= 0.3 is 5.97 Å². The molecular weight excluding hydrogens is 156 g/mol. The Bertz CT molecular complexity index is 236. The summed E-state index contributed by atoms with van der Waals surface area (Å²) in [6.07, 6.45) is 3.19. The highest BCUT2D eigenvalue weighted by Crippen LogP contribution is 2.51. The van der Waals surface area contributed by atoms with Crippen molar-refractivity contribution >= 4 is 11.8 Å². The number of methoxy groups -OCH3 is 1. The summed E-state index contributed by atoms with van der Waals surface area (Å²) in [7, 11) is 1.36. The number of esters is 1. The van der Waals surface area contributed by atoms with Crippen molar-refractivity contribution in [2.75, 3.05) is 7.11 Å². The second-order valence-electron chi connectivity index (χ2n) is 3.71. The maximum Gasteiger partial charge on any atom is 0.319 e. The van der Waals surface area contributed by atoms with Crippen LogP contribution in [-0.4, -0.2) is 18.9 Å². The van der Waals surface area contributed by atoms with E-state index in [9.17, 15) is 9.59 Å². The first-order valence-corrected chi connectivity index (χ1v) is 4.33. The van der Waals surface area contributed by atoms with Crippen LogP contribution in [0, 0.1) is 11.3 Å². The van der Waals surface area contributed by atoms with Crippen LogP contribution in [0.25, 0.3) is 0 Å². The lowest BCUT2D eigenvalue weighted by molar-refractivity contribution is -0.155. The predicted octanol–water partition coefficient (Wildman–Crippen LogP) is 0.919. The Morgan fingerprint density at radius 1 is 1.50 bits per heavy atom. The van der Waals surface area contributed by atoms with Gasteiger partial charge in [-0.25, -0.2) is 0 Å². The minimum absolute atomic E-state index is 0.134. The van der Waals surface area contributed by atoms with Gasteiger partial charge in [-0.3, -0.25) is 9.59 Å². The molecule has 66 valence electrons. The molecule has 0 aliphatic heterocycles. The van der Waals surface area contributed by atoms with Crippen LogP contribution < -0.4 is 0 Å². The first-order chi connectivity index (χ1) is 5.70. The van der Waals surface area contributed by atoms with Crippen molar-refractivity contribution in [1.82, 2.24) is 0 Å². The van der Waals surface area contributed by atoms with Crippen LogP contribution in [0.15, 0.2) is 0 Å². The molecule has 3 heteroatoms. The van der Waals surface area contributed by atoms with Gasteiger partial charge in [0.05, 0.1) is 7.11 Å². The highest BCUT2D eigenvalue weighted by Gasteiger charge is 2.58. The average Bonchev–Trinajstić information content (AvgIpc) is 2.60. The zero-order valence-corrected chi connectivity index (χ0v) is 7.13. The molecule has 0 aromatic carbocycles. The number of hydrogen-bond donors (Lipinski definition) is 0. The molecule has 0 heterocycles. The quantitative estimate of drug-likeness (QED) is 0.432. The molecule has 2 aliphatic carbocycles. The predicted molar refractivity (Wildman–Crippen MR) is 41.4 cm³/mol. The second-order valence-corrected chi connectivity index (χ2v) is 3.71. The second kappa shape index (κ2) is 2.31. The van der Waals surface area contributed by atoms with Crippen LogP contribution in [0.5, 0.6) is 0 Å². The summed E-state index contributed by atoms with van der Waals surface area (Å²) in [4.78, 5) is 23.0. The van der Waals surface area contributed by atoms with E-state index in [1.54, 1.807) is 0 Å². The number of carbonyl (C=O) groups excluding carboxylic acids is 2. The van der Waals surface area contributed by atoms with E-state index < -0.39 is 5.41 Å². The molecule has 12 heavy (non-hydrogen) atoms. The van der Waals surface area contributed by atoms with Crippen LogP contribution in [0.1, 0.15) is 25.7 Å². The zero-order chi connectivity index (χ0) is 8.77. The summed E-state index contributed by atoms with van der Waals surface area (Å²) in [5.74, 6) is -0.0223. The van der Waals surface area contributed by atoms with Crippen LogP contribution in [0.2, 0.25) is 0 Å². The molecule has 0 aromatic heterocycles. The van der Waals surface area contributed by atoms with Crippen LogP contribution in [-0.2, 0) is 14.3 Å². The SMILES string of the molecule is COC(=O)C12CCC(CC1)C2=O. The number of rotatable bonds is 1. The smallest absolute Gasteiger partial charge is 0.319 e. The normalized spacial score (nSPS) is 38.8. The zero-order valence-electron chi connectivity index (χ0n) is 7.13. The van der Waals surface area contributed by atoms with E-state index in [0.29, 0.717) is 12.8 Å². The molecule has 0 aromatic rings. The fraction of sp³-hybridized carbons (Fsp3) is 0.778. The highest BCUT2D eigenvalue weighted by molar-refractivity contribution is 6.07. The van der Waals surface area contributed by atoms with Crippen LogP contribution in [0.4, 0.5) is 0 Å². The summed E-state index contributed by atoms with van der Waals surface area (Å²) < 4.78 is 4.67. The van der Waals surface area contributed by atoms with Gasteiger partial charge in [0.2, 0.25) is 0 Å². The average molecular weight is 168 g/mol. The summed E-state index contributed by atoms with van der Waals surface area (Å²) in [6.45, 7) is 0. The Morgan fingerprint density at radius 2 is 2.08 bits per heavy atom. The minimum Gasteiger partial charge on any atom is -0.468 e. The van der Waals surface area contributed by atoms with Crippen molar-refractivity contribution in [3.8, 4) is 0 Å². The molecule has 0 N–H and O–H groups in total. The maximum absolute atomic E-state index is 11.6. The van der Waals surface area contributed by atoms with Crippen molar-refractivity contribution in [2.45, 2.75) is 25.7 Å². The van der Waals surface area contributed by atoms with Crippen molar-refractivity contribution in [1.29, 1.82) is 0 Å². The minimum atomic E-state index is -0.723. The monoisotopic (exact) mass is 168 g/mol. The Morgan fingerprint density at radius 3 is 2.42 bits per heavy atom. The molecule has 2 fully saturated rings. The molecule has 0 radical (unpaired) electrons. The largest absolute Gasteiger partial charge is 0.468 e. The molecular formula is C9H12O3. The summed E-state index contributed by atoms with van der Waals surface area (Å²) in [5.41, 5.74) is -0.723. The van der Waals surface area contributed by atoms with E-state index in [4.69, 9.17) is 0 Å². The Hall–Kier alpha value is -0.860. The van der Waals surface area contributed by atoms with Gasteiger partial charge in [0.1, 0.15) is 5.41 Å². The molecule has 2 bridgehead atoms. The molecule has 0 unspecified atom stereocenters. The lowest BCUT2D eigenvalue weighted by Crippen LogP contribution is -2.33. The van der Waals surface area contributed by atoms with Gasteiger partial charge in [0.15, 0.2) is 5.78 Å². The third-order valence-electron chi connectivity index (χ3n) is 3.26. The van der Waals surface area contributed by atoms with E-state index in [-0.39, 0.29) is 17.7 Å². The molecule has 0 saturated heterocycles. The lowest BCUT2D eigenvalue weighted by Gasteiger charge is -2.20. The Kier molecular flexibility index (Phi) is 1.50. The van der Waals surface area contributed by atoms with Gasteiger partial charge in [-0.05, 0) is 25.7 Å². The van der Waals surface area contributed by atoms with E-state index in [0.717, 1.165) is 12.8 Å². The molecule has 2 saturated carbocycles. The first-order valence-electron chi connectivity index (χ1n) is 4.33. The number of ketones is 1. The summed E-state index contributed by atoms with van der Waals surface area (Å²) in [5, 5.41) is 0. The Labute approximate surface area is 71.1 Å². The third-order valence-corrected chi connectivity index (χ3v) is 3.26. The van der Waals surface area contributed by atoms with E-state index in [2.05, 4.69) is 4.74 Å². The number of ether oxygens (including phenoxy) is 1. The summed E-state index contributed by atoms with van der Waals surface area (Å²) >= 11 is 0. The standard InChI is InChI=1S/C9H12O3/c1-12-8(11)9-4-2-6(3-5-9)7(9)10/h6H,2-5H2,1H3. The first kappa shape index (κ1) is 7.77. The van der Waals surface area contributed by atoms with Crippen molar-refractivity contribution < 1.29 is 14.3 Å². The van der Waals surface area contributed by atoms with Gasteiger partial charge < -0.3 is 4.74 Å². The Balaban J connectivity index is 2.31. The number of carbonyl (C=O) groups is 2. The molecule has 2 aliphatic rings. The van der Waals surface area contributed by atoms with Crippen molar-refractivity contribution in [3.63, 3.8) is 0 Å². The van der Waals surface area contributed by atoms with E-state index in [1.165, 1.54) is 7.11 Å². The van der Waals surface area contributed by atoms with Gasteiger partial charge in [0.25, 0.3) is 0 Å². The number of hydrogen-bond acceptors (Lipinski definition) is 3. The third kappa shape index (κ3) is 0.713.